The van der Waals surface area contributed by atoms with Gasteiger partial charge in [0.05, 0.1) is 11.6 Å². The average molecular weight is 314 g/mol. The van der Waals surface area contributed by atoms with E-state index in [4.69, 9.17) is 10.1 Å². The largest absolute Gasteiger partial charge is 0.441 e. The molecule has 118 valence electrons. The monoisotopic (exact) mass is 314 g/mol. The van der Waals surface area contributed by atoms with Crippen LogP contribution in [-0.4, -0.2) is 11.6 Å². The first kappa shape index (κ1) is 15.7. The average Bonchev–Trinajstić information content (AvgIpc) is 2.88. The van der Waals surface area contributed by atoms with Crippen LogP contribution in [0, 0.1) is 11.3 Å². The number of nitrogens with one attached hydrogen (secondary N) is 1. The molecule has 1 aromatic carbocycles. The predicted molar refractivity (Wildman–Crippen MR) is 99.8 cm³/mol. The second-order valence-corrected chi connectivity index (χ2v) is 5.80. The van der Waals surface area contributed by atoms with Gasteiger partial charge in [-0.3, -0.25) is 5.41 Å². The Bertz CT molecular complexity index is 882. The first-order valence-electron chi connectivity index (χ1n) is 7.42. The molecule has 1 fully saturated rings. The van der Waals surface area contributed by atoms with E-state index in [0.29, 0.717) is 22.6 Å². The Kier molecular flexibility index (Phi) is 3.57. The number of para-hydroxylation sites is 1. The Balaban J connectivity index is 1.86. The Morgan fingerprint density at radius 1 is 0.958 bits per heavy atom. The van der Waals surface area contributed by atoms with Crippen LogP contribution in [0.4, 0.5) is 5.69 Å². The first-order chi connectivity index (χ1) is 11.3. The van der Waals surface area contributed by atoms with Crippen molar-refractivity contribution in [1.82, 2.24) is 0 Å². The summed E-state index contributed by atoms with van der Waals surface area (Å²) >= 11 is 0. The van der Waals surface area contributed by atoms with Gasteiger partial charge in [0.25, 0.3) is 0 Å². The normalized spacial score (nSPS) is 17.9. The van der Waals surface area contributed by atoms with Crippen molar-refractivity contribution in [3.05, 3.63) is 103 Å². The third kappa shape index (κ3) is 2.22. The standard InChI is InChI=1S/C21H18N2O/c1-11-12(2)14(4)19(15(5)13(11)3)16(6)24-21-20(22)17-9-7-8-10-18(17)23-21/h7-10,19,22H,1-6H2. The Morgan fingerprint density at radius 2 is 1.54 bits per heavy atom. The SMILES string of the molecule is C=C1C(=C)C(=C)C(C(=C)OC2=Nc3ccccc3C2=N)C(=C)C1=C. The highest BCUT2D eigenvalue weighted by Crippen LogP contribution is 2.44. The zero-order valence-electron chi connectivity index (χ0n) is 13.5. The van der Waals surface area contributed by atoms with E-state index in [0.717, 1.165) is 22.3 Å². The minimum atomic E-state index is -0.352. The highest BCUT2D eigenvalue weighted by Gasteiger charge is 2.33. The lowest BCUT2D eigenvalue weighted by atomic mass is 9.73. The summed E-state index contributed by atoms with van der Waals surface area (Å²) in [6.45, 7) is 24.1. The van der Waals surface area contributed by atoms with Crippen LogP contribution in [0.2, 0.25) is 0 Å². The van der Waals surface area contributed by atoms with E-state index in [9.17, 15) is 0 Å². The number of benzene rings is 1. The lowest BCUT2D eigenvalue weighted by Gasteiger charge is -2.32. The van der Waals surface area contributed by atoms with Gasteiger partial charge in [-0.25, -0.2) is 4.99 Å². The topological polar surface area (TPSA) is 45.4 Å². The van der Waals surface area contributed by atoms with E-state index in [1.807, 2.05) is 24.3 Å². The molecular formula is C21H18N2O. The molecule has 0 amide bonds. The predicted octanol–water partition coefficient (Wildman–Crippen LogP) is 5.04. The molecule has 3 nitrogen and oxygen atoms in total. The van der Waals surface area contributed by atoms with Crippen LogP contribution in [-0.2, 0) is 4.74 Å². The zero-order valence-corrected chi connectivity index (χ0v) is 13.5. The summed E-state index contributed by atoms with van der Waals surface area (Å²) in [4.78, 5) is 4.36. The molecule has 24 heavy (non-hydrogen) atoms. The maximum atomic E-state index is 8.22. The van der Waals surface area contributed by atoms with Crippen molar-refractivity contribution in [1.29, 1.82) is 5.41 Å². The molecule has 1 N–H and O–H groups in total. The summed E-state index contributed by atoms with van der Waals surface area (Å²) in [6.07, 6.45) is 0. The molecule has 0 atom stereocenters. The fourth-order valence-corrected chi connectivity index (χ4v) is 2.84. The third-order valence-electron chi connectivity index (χ3n) is 4.36. The van der Waals surface area contributed by atoms with Gasteiger partial charge in [-0.2, -0.15) is 0 Å². The van der Waals surface area contributed by atoms with E-state index in [1.54, 1.807) is 0 Å². The van der Waals surface area contributed by atoms with Crippen LogP contribution in [0.3, 0.4) is 0 Å². The van der Waals surface area contributed by atoms with Crippen molar-refractivity contribution in [2.75, 3.05) is 0 Å². The highest BCUT2D eigenvalue weighted by molar-refractivity contribution is 6.48. The van der Waals surface area contributed by atoms with Crippen molar-refractivity contribution in [2.45, 2.75) is 0 Å². The minimum absolute atomic E-state index is 0.224. The second kappa shape index (κ2) is 5.46. The lowest BCUT2D eigenvalue weighted by Crippen LogP contribution is -2.23. The number of hydrogen-bond donors (Lipinski definition) is 1. The van der Waals surface area contributed by atoms with Gasteiger partial charge in [-0.15, -0.1) is 0 Å². The van der Waals surface area contributed by atoms with Crippen molar-refractivity contribution < 1.29 is 4.74 Å². The molecule has 1 saturated carbocycles. The minimum Gasteiger partial charge on any atom is -0.441 e. The van der Waals surface area contributed by atoms with Gasteiger partial charge in [-0.1, -0.05) is 57.7 Å². The molecule has 3 heteroatoms. The molecule has 1 aliphatic heterocycles. The number of allylic oxidation sites excluding steroid dienone is 4. The van der Waals surface area contributed by atoms with Gasteiger partial charge in [0.1, 0.15) is 11.5 Å². The molecule has 1 aromatic rings. The first-order valence-corrected chi connectivity index (χ1v) is 7.42. The highest BCUT2D eigenvalue weighted by atomic mass is 16.5. The van der Waals surface area contributed by atoms with Crippen LogP contribution in [0.5, 0.6) is 0 Å². The number of nitrogens with zero attached hydrogens (tertiary/aromatic N) is 1. The summed E-state index contributed by atoms with van der Waals surface area (Å²) in [5.74, 6) is 0.272. The number of fused-ring (bicyclic) bond motifs is 1. The van der Waals surface area contributed by atoms with Gasteiger partial charge in [0, 0.05) is 5.56 Å². The molecule has 1 aliphatic carbocycles. The lowest BCUT2D eigenvalue weighted by molar-refractivity contribution is 0.383. The van der Waals surface area contributed by atoms with E-state index in [1.165, 1.54) is 0 Å². The summed E-state index contributed by atoms with van der Waals surface area (Å²) in [7, 11) is 0. The smallest absolute Gasteiger partial charge is 0.245 e. The van der Waals surface area contributed by atoms with Crippen LogP contribution in [0.25, 0.3) is 0 Å². The van der Waals surface area contributed by atoms with E-state index < -0.39 is 0 Å². The molecule has 2 aliphatic rings. The van der Waals surface area contributed by atoms with Gasteiger partial charge >= 0.3 is 0 Å². The van der Waals surface area contributed by atoms with Crippen LogP contribution in [0.15, 0.2) is 102 Å². The number of aliphatic imine (C=N–C) groups is 1. The molecule has 0 spiro atoms. The van der Waals surface area contributed by atoms with Gasteiger partial charge in [0.2, 0.25) is 5.90 Å². The maximum absolute atomic E-state index is 8.22. The van der Waals surface area contributed by atoms with Crippen molar-refractivity contribution in [2.24, 2.45) is 10.9 Å². The zero-order chi connectivity index (χ0) is 17.6. The van der Waals surface area contributed by atoms with Crippen LogP contribution < -0.4 is 0 Å². The maximum Gasteiger partial charge on any atom is 0.245 e. The Morgan fingerprint density at radius 3 is 2.12 bits per heavy atom. The van der Waals surface area contributed by atoms with Crippen molar-refractivity contribution >= 4 is 17.3 Å². The second-order valence-electron chi connectivity index (χ2n) is 5.80. The molecule has 0 radical (unpaired) electrons. The van der Waals surface area contributed by atoms with Gasteiger partial charge < -0.3 is 4.74 Å². The molecule has 0 unspecified atom stereocenters. The summed E-state index contributed by atoms with van der Waals surface area (Å²) < 4.78 is 5.82. The fraction of sp³-hybridized carbons (Fsp3) is 0.0476. The Labute approximate surface area is 141 Å². The number of ether oxygens (including phenoxy) is 1. The van der Waals surface area contributed by atoms with Crippen LogP contribution >= 0.6 is 0 Å². The van der Waals surface area contributed by atoms with Crippen molar-refractivity contribution in [3.8, 4) is 0 Å². The Hall–Kier alpha value is -3.20. The van der Waals surface area contributed by atoms with E-state index >= 15 is 0 Å². The van der Waals surface area contributed by atoms with Gasteiger partial charge in [0.15, 0.2) is 0 Å². The molecule has 1 heterocycles. The summed E-state index contributed by atoms with van der Waals surface area (Å²) in [5, 5.41) is 8.22. The summed E-state index contributed by atoms with van der Waals surface area (Å²) in [6, 6.07) is 7.42. The van der Waals surface area contributed by atoms with E-state index in [2.05, 4.69) is 44.5 Å². The summed E-state index contributed by atoms with van der Waals surface area (Å²) in [5.41, 5.74) is 5.31. The molecule has 0 saturated heterocycles. The van der Waals surface area contributed by atoms with E-state index in [-0.39, 0.29) is 17.5 Å². The molecular weight excluding hydrogens is 296 g/mol. The number of hydrogen-bond acceptors (Lipinski definition) is 3. The van der Waals surface area contributed by atoms with Crippen LogP contribution in [0.1, 0.15) is 5.56 Å². The third-order valence-corrected chi connectivity index (χ3v) is 4.36. The molecule has 0 bridgehead atoms. The van der Waals surface area contributed by atoms with Crippen molar-refractivity contribution in [3.63, 3.8) is 0 Å². The molecule has 0 aromatic heterocycles. The fourth-order valence-electron chi connectivity index (χ4n) is 2.84. The molecule has 3 rings (SSSR count). The quantitative estimate of drug-likeness (QED) is 0.764. The van der Waals surface area contributed by atoms with Gasteiger partial charge in [-0.05, 0) is 33.9 Å². The number of rotatable bonds is 2.